The van der Waals surface area contributed by atoms with Gasteiger partial charge in [0.05, 0.1) is 6.10 Å². The third-order valence-corrected chi connectivity index (χ3v) is 4.60. The van der Waals surface area contributed by atoms with E-state index < -0.39 is 0 Å². The van der Waals surface area contributed by atoms with Gasteiger partial charge in [-0.1, -0.05) is 24.3 Å². The number of fused-ring (bicyclic) bond motifs is 1. The molecular formula is C15H21NO. The Bertz CT molecular complexity index is 396. The first-order valence-corrected chi connectivity index (χ1v) is 6.70. The van der Waals surface area contributed by atoms with Gasteiger partial charge in [-0.2, -0.15) is 0 Å². The zero-order chi connectivity index (χ0) is 11.8. The summed E-state index contributed by atoms with van der Waals surface area (Å²) in [6.07, 6.45) is 3.34. The highest BCUT2D eigenvalue weighted by Crippen LogP contribution is 2.42. The van der Waals surface area contributed by atoms with E-state index in [-0.39, 0.29) is 6.10 Å². The zero-order valence-corrected chi connectivity index (χ0v) is 10.5. The van der Waals surface area contributed by atoms with Crippen molar-refractivity contribution in [3.05, 3.63) is 35.4 Å². The van der Waals surface area contributed by atoms with Gasteiger partial charge in [0.25, 0.3) is 0 Å². The van der Waals surface area contributed by atoms with Gasteiger partial charge in [-0.25, -0.2) is 0 Å². The molecule has 0 radical (unpaired) electrons. The Labute approximate surface area is 103 Å². The van der Waals surface area contributed by atoms with Gasteiger partial charge in [-0.15, -0.1) is 0 Å². The lowest BCUT2D eigenvalue weighted by molar-refractivity contribution is 0.0595. The minimum absolute atomic E-state index is 0.223. The maximum atomic E-state index is 10.4. The summed E-state index contributed by atoms with van der Waals surface area (Å²) in [7, 11) is 2.19. The number of piperidine rings is 1. The van der Waals surface area contributed by atoms with E-state index in [2.05, 4.69) is 30.1 Å². The molecule has 1 aromatic rings. The third kappa shape index (κ3) is 2.00. The van der Waals surface area contributed by atoms with Gasteiger partial charge in [0.2, 0.25) is 0 Å². The van der Waals surface area contributed by atoms with Crippen LogP contribution in [0.5, 0.6) is 0 Å². The third-order valence-electron chi connectivity index (χ3n) is 4.60. The van der Waals surface area contributed by atoms with Crippen LogP contribution in [-0.4, -0.2) is 30.1 Å². The molecule has 0 aromatic heterocycles. The van der Waals surface area contributed by atoms with E-state index >= 15 is 0 Å². The largest absolute Gasteiger partial charge is 0.388 e. The van der Waals surface area contributed by atoms with Crippen molar-refractivity contribution in [1.29, 1.82) is 0 Å². The van der Waals surface area contributed by atoms with Crippen molar-refractivity contribution in [1.82, 2.24) is 4.90 Å². The van der Waals surface area contributed by atoms with Crippen molar-refractivity contribution < 1.29 is 5.11 Å². The molecule has 1 N–H and O–H groups in total. The van der Waals surface area contributed by atoms with Gasteiger partial charge < -0.3 is 10.0 Å². The van der Waals surface area contributed by atoms with Crippen LogP contribution in [0, 0.1) is 11.8 Å². The monoisotopic (exact) mass is 231 g/mol. The molecule has 0 bridgehead atoms. The molecule has 2 aliphatic rings. The van der Waals surface area contributed by atoms with Crippen LogP contribution >= 0.6 is 0 Å². The van der Waals surface area contributed by atoms with Crippen molar-refractivity contribution >= 4 is 0 Å². The van der Waals surface area contributed by atoms with Crippen LogP contribution in [-0.2, 0) is 6.42 Å². The number of nitrogens with zero attached hydrogens (tertiary/aromatic N) is 1. The molecule has 1 aliphatic heterocycles. The van der Waals surface area contributed by atoms with Crippen LogP contribution in [0.1, 0.15) is 30.1 Å². The smallest absolute Gasteiger partial charge is 0.0826 e. The van der Waals surface area contributed by atoms with Gasteiger partial charge >= 0.3 is 0 Å². The summed E-state index contributed by atoms with van der Waals surface area (Å²) in [4.78, 5) is 2.39. The molecule has 2 nitrogen and oxygen atoms in total. The predicted molar refractivity (Wildman–Crippen MR) is 68.8 cm³/mol. The highest BCUT2D eigenvalue weighted by Gasteiger charge is 2.36. The second kappa shape index (κ2) is 4.43. The molecule has 1 aliphatic carbocycles. The van der Waals surface area contributed by atoms with Gasteiger partial charge in [0.15, 0.2) is 0 Å². The number of hydrogen-bond donors (Lipinski definition) is 1. The Morgan fingerprint density at radius 1 is 1.18 bits per heavy atom. The standard InChI is InChI=1S/C15H21NO/c1-16-8-6-11(7-9-16)14-10-12-4-2-3-5-13(12)15(14)17/h2-5,11,14-15,17H,6-10H2,1H3/t14-,15+/m0/s1. The zero-order valence-electron chi connectivity index (χ0n) is 10.5. The fourth-order valence-corrected chi connectivity index (χ4v) is 3.49. The Balaban J connectivity index is 1.75. The summed E-state index contributed by atoms with van der Waals surface area (Å²) in [5.74, 6) is 1.16. The van der Waals surface area contributed by atoms with Crippen molar-refractivity contribution in [2.75, 3.05) is 20.1 Å². The van der Waals surface area contributed by atoms with Gasteiger partial charge in [0, 0.05) is 0 Å². The molecule has 3 rings (SSSR count). The number of rotatable bonds is 1. The minimum Gasteiger partial charge on any atom is -0.388 e. The van der Waals surface area contributed by atoms with E-state index in [0.717, 1.165) is 6.42 Å². The molecule has 0 spiro atoms. The lowest BCUT2D eigenvalue weighted by Crippen LogP contribution is -2.34. The first-order chi connectivity index (χ1) is 8.25. The van der Waals surface area contributed by atoms with Crippen molar-refractivity contribution in [2.24, 2.45) is 11.8 Å². The van der Waals surface area contributed by atoms with Crippen molar-refractivity contribution in [2.45, 2.75) is 25.4 Å². The molecule has 1 aromatic carbocycles. The molecule has 1 fully saturated rings. The van der Waals surface area contributed by atoms with E-state index in [1.54, 1.807) is 0 Å². The predicted octanol–water partition coefficient (Wildman–Crippen LogP) is 2.23. The Morgan fingerprint density at radius 3 is 2.59 bits per heavy atom. The Morgan fingerprint density at radius 2 is 1.88 bits per heavy atom. The highest BCUT2D eigenvalue weighted by atomic mass is 16.3. The van der Waals surface area contributed by atoms with Crippen LogP contribution in [0.25, 0.3) is 0 Å². The number of aliphatic hydroxyl groups is 1. The van der Waals surface area contributed by atoms with Crippen LogP contribution in [0.15, 0.2) is 24.3 Å². The van der Waals surface area contributed by atoms with Gasteiger partial charge in [-0.05, 0) is 62.4 Å². The topological polar surface area (TPSA) is 23.5 Å². The molecular weight excluding hydrogens is 210 g/mol. The highest BCUT2D eigenvalue weighted by molar-refractivity contribution is 5.34. The molecule has 2 heteroatoms. The SMILES string of the molecule is CN1CCC([C@@H]2Cc3ccccc3[C@H]2O)CC1. The Hall–Kier alpha value is -0.860. The summed E-state index contributed by atoms with van der Waals surface area (Å²) in [5, 5.41) is 10.4. The molecule has 92 valence electrons. The summed E-state index contributed by atoms with van der Waals surface area (Å²) in [5.41, 5.74) is 2.54. The molecule has 0 unspecified atom stereocenters. The summed E-state index contributed by atoms with van der Waals surface area (Å²) in [6.45, 7) is 2.37. The van der Waals surface area contributed by atoms with Gasteiger partial charge in [-0.3, -0.25) is 0 Å². The quantitative estimate of drug-likeness (QED) is 0.801. The van der Waals surface area contributed by atoms with E-state index in [9.17, 15) is 5.11 Å². The minimum atomic E-state index is -0.223. The fourth-order valence-electron chi connectivity index (χ4n) is 3.49. The van der Waals surface area contributed by atoms with Gasteiger partial charge in [0.1, 0.15) is 0 Å². The first kappa shape index (κ1) is 11.2. The summed E-state index contributed by atoms with van der Waals surface area (Å²) >= 11 is 0. The maximum Gasteiger partial charge on any atom is 0.0826 e. The molecule has 17 heavy (non-hydrogen) atoms. The number of likely N-dealkylation sites (tertiary alicyclic amines) is 1. The van der Waals surface area contributed by atoms with Crippen LogP contribution in [0.3, 0.4) is 0 Å². The van der Waals surface area contributed by atoms with Crippen LogP contribution < -0.4 is 0 Å². The van der Waals surface area contributed by atoms with Crippen LogP contribution in [0.4, 0.5) is 0 Å². The average Bonchev–Trinajstić information content (AvgIpc) is 2.69. The molecule has 0 amide bonds. The maximum absolute atomic E-state index is 10.4. The van der Waals surface area contributed by atoms with E-state index in [0.29, 0.717) is 11.8 Å². The van der Waals surface area contributed by atoms with Crippen molar-refractivity contribution in [3.63, 3.8) is 0 Å². The van der Waals surface area contributed by atoms with Crippen molar-refractivity contribution in [3.8, 4) is 0 Å². The summed E-state index contributed by atoms with van der Waals surface area (Å²) in [6, 6.07) is 8.39. The lowest BCUT2D eigenvalue weighted by atomic mass is 9.81. The summed E-state index contributed by atoms with van der Waals surface area (Å²) < 4.78 is 0. The lowest BCUT2D eigenvalue weighted by Gasteiger charge is -2.34. The molecule has 2 atom stereocenters. The second-order valence-corrected chi connectivity index (χ2v) is 5.65. The normalized spacial score (nSPS) is 30.5. The number of aliphatic hydroxyl groups excluding tert-OH is 1. The second-order valence-electron chi connectivity index (χ2n) is 5.65. The fraction of sp³-hybridized carbons (Fsp3) is 0.600. The Kier molecular flexibility index (Phi) is 2.93. The van der Waals surface area contributed by atoms with Crippen LogP contribution in [0.2, 0.25) is 0 Å². The molecule has 0 saturated carbocycles. The molecule has 1 heterocycles. The average molecular weight is 231 g/mol. The number of hydrogen-bond acceptors (Lipinski definition) is 2. The number of benzene rings is 1. The van der Waals surface area contributed by atoms with E-state index in [4.69, 9.17) is 0 Å². The first-order valence-electron chi connectivity index (χ1n) is 6.70. The van der Waals surface area contributed by atoms with E-state index in [1.165, 1.54) is 37.1 Å². The van der Waals surface area contributed by atoms with E-state index in [1.807, 2.05) is 6.07 Å². The molecule has 1 saturated heterocycles.